The van der Waals surface area contributed by atoms with Crippen LogP contribution in [0.2, 0.25) is 0 Å². The molecule has 1 aromatic heterocycles. The van der Waals surface area contributed by atoms with Gasteiger partial charge in [-0.15, -0.1) is 0 Å². The number of ketones is 1. The largest absolute Gasteiger partial charge is 0.493 e. The Morgan fingerprint density at radius 2 is 2.19 bits per heavy atom. The minimum absolute atomic E-state index is 0.101. The smallest absolute Gasteiger partial charge is 0.189 e. The van der Waals surface area contributed by atoms with Crippen LogP contribution in [0.25, 0.3) is 0 Å². The predicted molar refractivity (Wildman–Crippen MR) is 83.9 cm³/mol. The van der Waals surface area contributed by atoms with Gasteiger partial charge in [-0.3, -0.25) is 9.48 Å². The van der Waals surface area contributed by atoms with E-state index in [9.17, 15) is 4.79 Å². The number of halogens is 1. The lowest BCUT2D eigenvalue weighted by molar-refractivity contribution is 0.0919. The molecule has 5 heteroatoms. The molecule has 0 aliphatic carbocycles. The third-order valence-corrected chi connectivity index (χ3v) is 4.33. The highest BCUT2D eigenvalue weighted by Crippen LogP contribution is 2.37. The third-order valence-electron chi connectivity index (χ3n) is 3.75. The van der Waals surface area contributed by atoms with Gasteiger partial charge in [-0.05, 0) is 42.3 Å². The number of nitrogens with zero attached hydrogens (tertiary/aromatic N) is 2. The van der Waals surface area contributed by atoms with E-state index < -0.39 is 0 Å². The molecule has 0 N–H and O–H groups in total. The van der Waals surface area contributed by atoms with Crippen LogP contribution < -0.4 is 4.74 Å². The summed E-state index contributed by atoms with van der Waals surface area (Å²) in [6.45, 7) is 4.61. The molecule has 110 valence electrons. The van der Waals surface area contributed by atoms with Crippen molar-refractivity contribution in [2.24, 2.45) is 0 Å². The summed E-state index contributed by atoms with van der Waals surface area (Å²) in [6, 6.07) is 7.91. The highest BCUT2D eigenvalue weighted by atomic mass is 79.9. The van der Waals surface area contributed by atoms with Crippen LogP contribution in [-0.4, -0.2) is 22.2 Å². The zero-order valence-electron chi connectivity index (χ0n) is 12.0. The molecule has 0 spiro atoms. The molecule has 1 aromatic carbocycles. The van der Waals surface area contributed by atoms with Gasteiger partial charge in [0, 0.05) is 11.6 Å². The topological polar surface area (TPSA) is 44.1 Å². The van der Waals surface area contributed by atoms with Gasteiger partial charge >= 0.3 is 0 Å². The highest BCUT2D eigenvalue weighted by molar-refractivity contribution is 9.10. The molecule has 0 saturated heterocycles. The number of carbonyl (C=O) groups is 1. The minimum Gasteiger partial charge on any atom is -0.493 e. The second-order valence-corrected chi connectivity index (χ2v) is 6.33. The van der Waals surface area contributed by atoms with E-state index in [1.54, 1.807) is 10.9 Å². The maximum atomic E-state index is 13.0. The molecule has 4 nitrogen and oxygen atoms in total. The summed E-state index contributed by atoms with van der Waals surface area (Å²) in [6.07, 6.45) is 2.39. The molecule has 0 bridgehead atoms. The van der Waals surface area contributed by atoms with E-state index in [2.05, 4.69) is 21.0 Å². The number of Topliss-reactive ketones (excluding diaryl/α,β-unsaturated/α-hetero) is 1. The van der Waals surface area contributed by atoms with Crippen LogP contribution in [0.5, 0.6) is 5.75 Å². The Hall–Kier alpha value is -1.62. The predicted octanol–water partition coefficient (Wildman–Crippen LogP) is 3.98. The number of hydrogen-bond acceptors (Lipinski definition) is 3. The first-order valence-electron chi connectivity index (χ1n) is 7.08. The number of benzene rings is 1. The Morgan fingerprint density at radius 1 is 1.43 bits per heavy atom. The van der Waals surface area contributed by atoms with Gasteiger partial charge in [0.05, 0.1) is 23.2 Å². The lowest BCUT2D eigenvalue weighted by Crippen LogP contribution is -2.24. The van der Waals surface area contributed by atoms with Crippen molar-refractivity contribution in [1.82, 2.24) is 9.78 Å². The van der Waals surface area contributed by atoms with Crippen LogP contribution >= 0.6 is 15.9 Å². The van der Waals surface area contributed by atoms with Gasteiger partial charge in [-0.1, -0.05) is 18.2 Å². The summed E-state index contributed by atoms with van der Waals surface area (Å²) in [5.74, 6) is 0.748. The van der Waals surface area contributed by atoms with E-state index >= 15 is 0 Å². The molecule has 0 saturated carbocycles. The highest BCUT2D eigenvalue weighted by Gasteiger charge is 2.31. The van der Waals surface area contributed by atoms with Gasteiger partial charge in [0.1, 0.15) is 11.4 Å². The van der Waals surface area contributed by atoms with Crippen LogP contribution in [0, 0.1) is 0 Å². The SMILES string of the molecule is CC(C)n1ncc(Br)c1C(=O)C1CCOc2ccccc21. The van der Waals surface area contributed by atoms with Crippen molar-refractivity contribution < 1.29 is 9.53 Å². The average molecular weight is 349 g/mol. The van der Waals surface area contributed by atoms with E-state index in [0.29, 0.717) is 18.7 Å². The summed E-state index contributed by atoms with van der Waals surface area (Å²) in [5, 5.41) is 4.30. The maximum Gasteiger partial charge on any atom is 0.189 e. The van der Waals surface area contributed by atoms with Crippen molar-refractivity contribution in [2.45, 2.75) is 32.2 Å². The van der Waals surface area contributed by atoms with Crippen LogP contribution in [0.3, 0.4) is 0 Å². The molecule has 1 aliphatic heterocycles. The van der Waals surface area contributed by atoms with Crippen LogP contribution in [0.4, 0.5) is 0 Å². The number of rotatable bonds is 3. The fourth-order valence-electron chi connectivity index (χ4n) is 2.74. The number of carbonyl (C=O) groups excluding carboxylic acids is 1. The lowest BCUT2D eigenvalue weighted by atomic mass is 9.88. The first-order chi connectivity index (χ1) is 10.1. The number of hydrogen-bond donors (Lipinski definition) is 0. The Balaban J connectivity index is 2.03. The molecule has 1 aliphatic rings. The first-order valence-corrected chi connectivity index (χ1v) is 7.88. The van der Waals surface area contributed by atoms with Crippen molar-refractivity contribution in [3.05, 3.63) is 46.2 Å². The van der Waals surface area contributed by atoms with Gasteiger partial charge in [0.2, 0.25) is 0 Å². The van der Waals surface area contributed by atoms with E-state index in [1.165, 1.54) is 0 Å². The fraction of sp³-hybridized carbons (Fsp3) is 0.375. The number of ether oxygens (including phenoxy) is 1. The summed E-state index contributed by atoms with van der Waals surface area (Å²) < 4.78 is 8.18. The van der Waals surface area contributed by atoms with Gasteiger partial charge in [-0.25, -0.2) is 0 Å². The summed E-state index contributed by atoms with van der Waals surface area (Å²) in [4.78, 5) is 13.0. The molecule has 1 atom stereocenters. The molecule has 2 aromatic rings. The molecule has 0 radical (unpaired) electrons. The number of aromatic nitrogens is 2. The summed E-state index contributed by atoms with van der Waals surface area (Å²) in [5.41, 5.74) is 1.61. The normalized spacial score (nSPS) is 17.4. The average Bonchev–Trinajstić information content (AvgIpc) is 2.88. The summed E-state index contributed by atoms with van der Waals surface area (Å²) in [7, 11) is 0. The Kier molecular flexibility index (Phi) is 3.85. The van der Waals surface area contributed by atoms with Crippen molar-refractivity contribution >= 4 is 21.7 Å². The molecule has 21 heavy (non-hydrogen) atoms. The monoisotopic (exact) mass is 348 g/mol. The van der Waals surface area contributed by atoms with Gasteiger partial charge in [0.15, 0.2) is 5.78 Å². The standard InChI is InChI=1S/C16H17BrN2O2/c1-10(2)19-15(13(17)9-18-19)16(20)12-7-8-21-14-6-4-3-5-11(12)14/h3-6,9-10,12H,7-8H2,1-2H3. The molecule has 0 fully saturated rings. The van der Waals surface area contributed by atoms with Gasteiger partial charge in [-0.2, -0.15) is 5.10 Å². The van der Waals surface area contributed by atoms with Crippen molar-refractivity contribution in [2.75, 3.05) is 6.61 Å². The van der Waals surface area contributed by atoms with Crippen molar-refractivity contribution in [3.63, 3.8) is 0 Å². The van der Waals surface area contributed by atoms with E-state index in [1.807, 2.05) is 38.1 Å². The number of para-hydroxylation sites is 1. The third kappa shape index (κ3) is 2.50. The molecule has 1 unspecified atom stereocenters. The van der Waals surface area contributed by atoms with Gasteiger partial charge < -0.3 is 4.74 Å². The van der Waals surface area contributed by atoms with Crippen LogP contribution in [-0.2, 0) is 0 Å². The van der Waals surface area contributed by atoms with E-state index in [0.717, 1.165) is 15.8 Å². The molecular weight excluding hydrogens is 332 g/mol. The van der Waals surface area contributed by atoms with Crippen LogP contribution in [0.1, 0.15) is 48.3 Å². The first kappa shape index (κ1) is 14.3. The zero-order chi connectivity index (χ0) is 15.0. The lowest BCUT2D eigenvalue weighted by Gasteiger charge is -2.25. The van der Waals surface area contributed by atoms with Gasteiger partial charge in [0.25, 0.3) is 0 Å². The second kappa shape index (κ2) is 5.64. The van der Waals surface area contributed by atoms with E-state index in [-0.39, 0.29) is 17.7 Å². The zero-order valence-corrected chi connectivity index (χ0v) is 13.6. The Morgan fingerprint density at radius 3 is 2.95 bits per heavy atom. The van der Waals surface area contributed by atoms with Crippen LogP contribution in [0.15, 0.2) is 34.9 Å². The second-order valence-electron chi connectivity index (χ2n) is 5.47. The van der Waals surface area contributed by atoms with Crippen molar-refractivity contribution in [3.8, 4) is 5.75 Å². The van der Waals surface area contributed by atoms with E-state index in [4.69, 9.17) is 4.74 Å². The molecule has 3 rings (SSSR count). The molecule has 0 amide bonds. The maximum absolute atomic E-state index is 13.0. The minimum atomic E-state index is -0.166. The quantitative estimate of drug-likeness (QED) is 0.788. The Bertz CT molecular complexity index is 679. The number of fused-ring (bicyclic) bond motifs is 1. The molecular formula is C16H17BrN2O2. The summed E-state index contributed by atoms with van der Waals surface area (Å²) >= 11 is 3.46. The Labute approximate surface area is 132 Å². The fourth-order valence-corrected chi connectivity index (χ4v) is 3.21. The van der Waals surface area contributed by atoms with Crippen molar-refractivity contribution in [1.29, 1.82) is 0 Å². The molecule has 2 heterocycles.